The molecule has 1 aromatic heterocycles. The van der Waals surface area contributed by atoms with Crippen LogP contribution >= 0.6 is 0 Å². The quantitative estimate of drug-likeness (QED) is 0.705. The number of ether oxygens (including phenoxy) is 2. The number of hydrogen-bond acceptors (Lipinski definition) is 3. The fourth-order valence-electron chi connectivity index (χ4n) is 3.47. The van der Waals surface area contributed by atoms with Crippen molar-refractivity contribution in [3.8, 4) is 5.75 Å². The number of nitrogens with one attached hydrogen (secondary N) is 1. The molecule has 2 aromatic rings. The number of amides is 1. The van der Waals surface area contributed by atoms with Gasteiger partial charge in [-0.15, -0.1) is 0 Å². The molecule has 146 valence electrons. The number of fused-ring (bicyclic) bond motifs is 1. The molecule has 1 aromatic carbocycles. The lowest BCUT2D eigenvalue weighted by Crippen LogP contribution is -2.34. The van der Waals surface area contributed by atoms with Crippen LogP contribution in [0.4, 0.5) is 0 Å². The highest BCUT2D eigenvalue weighted by Crippen LogP contribution is 2.30. The van der Waals surface area contributed by atoms with E-state index in [1.807, 2.05) is 31.2 Å². The summed E-state index contributed by atoms with van der Waals surface area (Å²) in [7, 11) is 0. The first-order valence-corrected chi connectivity index (χ1v) is 9.92. The molecule has 3 rings (SSSR count). The van der Waals surface area contributed by atoms with Crippen LogP contribution in [0.2, 0.25) is 0 Å². The van der Waals surface area contributed by atoms with Crippen LogP contribution in [0, 0.1) is 0 Å². The molecule has 2 heterocycles. The van der Waals surface area contributed by atoms with E-state index < -0.39 is 0 Å². The number of carbonyl (C=O) groups is 1. The second kappa shape index (κ2) is 9.09. The van der Waals surface area contributed by atoms with E-state index in [4.69, 9.17) is 9.47 Å². The summed E-state index contributed by atoms with van der Waals surface area (Å²) in [6.45, 7) is 9.71. The Kier molecular flexibility index (Phi) is 6.56. The summed E-state index contributed by atoms with van der Waals surface area (Å²) in [6.07, 6.45) is 6.07. The molecule has 0 saturated carbocycles. The standard InChI is InChI=1S/C22H30N2O3/c1-4-12-27-21-11-8-10-19-18(21)14-20(22(25)23-16(3)5-2)24(19)15-17-9-6-7-13-26-17/h4,8,10-11,14,16-17H,1,5-7,9,12-13,15H2,2-3H3,(H,23,25)/t16-,17-/m1/s1. The maximum Gasteiger partial charge on any atom is 0.268 e. The molecule has 5 nitrogen and oxygen atoms in total. The molecule has 27 heavy (non-hydrogen) atoms. The number of rotatable bonds is 8. The Morgan fingerprint density at radius 3 is 3.04 bits per heavy atom. The van der Waals surface area contributed by atoms with Gasteiger partial charge in [0.1, 0.15) is 18.1 Å². The van der Waals surface area contributed by atoms with Crippen LogP contribution in [0.15, 0.2) is 36.9 Å². The highest BCUT2D eigenvalue weighted by molar-refractivity contribution is 6.00. The van der Waals surface area contributed by atoms with E-state index in [1.165, 1.54) is 6.42 Å². The fraction of sp³-hybridized carbons (Fsp3) is 0.500. The monoisotopic (exact) mass is 370 g/mol. The number of nitrogens with zero attached hydrogens (tertiary/aromatic N) is 1. The van der Waals surface area contributed by atoms with Gasteiger partial charge in [0, 0.05) is 24.6 Å². The lowest BCUT2D eigenvalue weighted by Gasteiger charge is -2.24. The van der Waals surface area contributed by atoms with Gasteiger partial charge in [-0.05, 0) is 50.8 Å². The number of carbonyl (C=O) groups excluding carboxylic acids is 1. The van der Waals surface area contributed by atoms with Crippen molar-refractivity contribution in [1.29, 1.82) is 0 Å². The predicted molar refractivity (Wildman–Crippen MR) is 108 cm³/mol. The van der Waals surface area contributed by atoms with Crippen LogP contribution in [-0.4, -0.2) is 35.8 Å². The average molecular weight is 370 g/mol. The van der Waals surface area contributed by atoms with Crippen molar-refractivity contribution in [3.63, 3.8) is 0 Å². The Hall–Kier alpha value is -2.27. The molecular formula is C22H30N2O3. The Morgan fingerprint density at radius 1 is 1.48 bits per heavy atom. The number of benzene rings is 1. The summed E-state index contributed by atoms with van der Waals surface area (Å²) < 4.78 is 13.8. The zero-order valence-corrected chi connectivity index (χ0v) is 16.4. The minimum absolute atomic E-state index is 0.0500. The summed E-state index contributed by atoms with van der Waals surface area (Å²) >= 11 is 0. The first-order chi connectivity index (χ1) is 13.1. The van der Waals surface area contributed by atoms with Crippen LogP contribution in [0.1, 0.15) is 50.0 Å². The van der Waals surface area contributed by atoms with E-state index >= 15 is 0 Å². The third-order valence-corrected chi connectivity index (χ3v) is 5.15. The van der Waals surface area contributed by atoms with E-state index in [1.54, 1.807) is 6.08 Å². The molecule has 0 unspecified atom stereocenters. The lowest BCUT2D eigenvalue weighted by atomic mass is 10.1. The van der Waals surface area contributed by atoms with Crippen molar-refractivity contribution in [1.82, 2.24) is 9.88 Å². The minimum atomic E-state index is -0.0500. The molecule has 1 amide bonds. The average Bonchev–Trinajstić information content (AvgIpc) is 3.06. The molecule has 1 aliphatic heterocycles. The first-order valence-electron chi connectivity index (χ1n) is 9.92. The molecule has 1 aliphatic rings. The van der Waals surface area contributed by atoms with E-state index in [2.05, 4.69) is 23.4 Å². The second-order valence-corrected chi connectivity index (χ2v) is 7.20. The number of aromatic nitrogens is 1. The van der Waals surface area contributed by atoms with Crippen molar-refractivity contribution in [2.24, 2.45) is 0 Å². The van der Waals surface area contributed by atoms with E-state index in [0.29, 0.717) is 18.8 Å². The van der Waals surface area contributed by atoms with Crippen molar-refractivity contribution in [3.05, 3.63) is 42.6 Å². The van der Waals surface area contributed by atoms with Crippen LogP contribution in [0.5, 0.6) is 5.75 Å². The van der Waals surface area contributed by atoms with Gasteiger partial charge in [-0.25, -0.2) is 0 Å². The number of hydrogen-bond donors (Lipinski definition) is 1. The van der Waals surface area contributed by atoms with Gasteiger partial charge in [0.2, 0.25) is 0 Å². The Bertz CT molecular complexity index is 790. The molecule has 2 atom stereocenters. The van der Waals surface area contributed by atoms with Crippen LogP contribution in [0.3, 0.4) is 0 Å². The topological polar surface area (TPSA) is 52.5 Å². The highest BCUT2D eigenvalue weighted by atomic mass is 16.5. The SMILES string of the molecule is C=CCOc1cccc2c1cc(C(=O)N[C@H](C)CC)n2C[C@H]1CCCCO1. The minimum Gasteiger partial charge on any atom is -0.489 e. The summed E-state index contributed by atoms with van der Waals surface area (Å²) in [5.41, 5.74) is 1.66. The van der Waals surface area contributed by atoms with Crippen molar-refractivity contribution < 1.29 is 14.3 Å². The predicted octanol–water partition coefficient (Wildman–Crippen LogP) is 4.30. The third kappa shape index (κ3) is 4.53. The summed E-state index contributed by atoms with van der Waals surface area (Å²) in [5.74, 6) is 0.722. The molecule has 1 fully saturated rings. The van der Waals surface area contributed by atoms with E-state index in [0.717, 1.165) is 42.5 Å². The molecular weight excluding hydrogens is 340 g/mol. The van der Waals surface area contributed by atoms with Crippen molar-refractivity contribution >= 4 is 16.8 Å². The Labute approximate surface area is 161 Å². The molecule has 0 aliphatic carbocycles. The first kappa shape index (κ1) is 19.5. The maximum atomic E-state index is 12.9. The molecule has 1 saturated heterocycles. The van der Waals surface area contributed by atoms with Crippen LogP contribution in [0.25, 0.3) is 10.9 Å². The summed E-state index contributed by atoms with van der Waals surface area (Å²) in [6, 6.07) is 8.01. The van der Waals surface area contributed by atoms with Gasteiger partial charge in [0.15, 0.2) is 0 Å². The Balaban J connectivity index is 2.00. The summed E-state index contributed by atoms with van der Waals surface area (Å²) in [4.78, 5) is 12.9. The Morgan fingerprint density at radius 2 is 2.33 bits per heavy atom. The molecule has 5 heteroatoms. The maximum absolute atomic E-state index is 12.9. The van der Waals surface area contributed by atoms with Gasteiger partial charge in [-0.3, -0.25) is 4.79 Å². The zero-order valence-electron chi connectivity index (χ0n) is 16.4. The fourth-order valence-corrected chi connectivity index (χ4v) is 3.47. The second-order valence-electron chi connectivity index (χ2n) is 7.20. The van der Waals surface area contributed by atoms with E-state index in [-0.39, 0.29) is 18.1 Å². The van der Waals surface area contributed by atoms with Crippen LogP contribution in [-0.2, 0) is 11.3 Å². The molecule has 0 spiro atoms. The lowest BCUT2D eigenvalue weighted by molar-refractivity contribution is 0.00636. The van der Waals surface area contributed by atoms with Gasteiger partial charge >= 0.3 is 0 Å². The largest absolute Gasteiger partial charge is 0.489 e. The van der Waals surface area contributed by atoms with Gasteiger partial charge in [0.25, 0.3) is 5.91 Å². The van der Waals surface area contributed by atoms with Crippen molar-refractivity contribution in [2.75, 3.05) is 13.2 Å². The zero-order chi connectivity index (χ0) is 19.2. The van der Waals surface area contributed by atoms with Gasteiger partial charge < -0.3 is 19.4 Å². The van der Waals surface area contributed by atoms with Gasteiger partial charge in [0.05, 0.1) is 11.6 Å². The summed E-state index contributed by atoms with van der Waals surface area (Å²) in [5, 5.41) is 4.04. The van der Waals surface area contributed by atoms with Gasteiger partial charge in [-0.1, -0.05) is 25.6 Å². The molecule has 0 bridgehead atoms. The van der Waals surface area contributed by atoms with E-state index in [9.17, 15) is 4.79 Å². The van der Waals surface area contributed by atoms with Crippen molar-refractivity contribution in [2.45, 2.75) is 58.2 Å². The smallest absolute Gasteiger partial charge is 0.268 e. The normalized spacial score (nSPS) is 18.2. The third-order valence-electron chi connectivity index (χ3n) is 5.15. The molecule has 1 N–H and O–H groups in total. The highest BCUT2D eigenvalue weighted by Gasteiger charge is 2.22. The van der Waals surface area contributed by atoms with Gasteiger partial charge in [-0.2, -0.15) is 0 Å². The van der Waals surface area contributed by atoms with Crippen LogP contribution < -0.4 is 10.1 Å². The molecule has 0 radical (unpaired) electrons.